The Bertz CT molecular complexity index is 280. The van der Waals surface area contributed by atoms with Crippen LogP contribution in [0.15, 0.2) is 55.1 Å². The lowest BCUT2D eigenvalue weighted by Crippen LogP contribution is -2.04. The molecule has 0 fully saturated rings. The van der Waals surface area contributed by atoms with Crippen LogP contribution in [0.1, 0.15) is 81.6 Å². The van der Waals surface area contributed by atoms with Gasteiger partial charge < -0.3 is 0 Å². The maximum absolute atomic E-state index is 9.68. The van der Waals surface area contributed by atoms with Crippen molar-refractivity contribution in [1.29, 1.82) is 0 Å². The van der Waals surface area contributed by atoms with E-state index >= 15 is 0 Å². The van der Waals surface area contributed by atoms with E-state index in [2.05, 4.69) is 70.7 Å². The summed E-state index contributed by atoms with van der Waals surface area (Å²) in [7, 11) is 0. The predicted octanol–water partition coefficient (Wildman–Crippen LogP) is 8.76. The Hall–Kier alpha value is -1.62. The predicted molar refractivity (Wildman–Crippen MR) is 121 cm³/mol. The number of nitroso groups, excluding NO2 is 1. The molecule has 2 nitrogen and oxygen atoms in total. The third-order valence-corrected chi connectivity index (χ3v) is 2.51. The maximum Gasteiger partial charge on any atom is 0.0813 e. The fraction of sp³-hybridized carbons (Fsp3) is 0.652. The van der Waals surface area contributed by atoms with Gasteiger partial charge in [0.25, 0.3) is 0 Å². The van der Waals surface area contributed by atoms with Crippen LogP contribution in [-0.4, -0.2) is 6.54 Å². The van der Waals surface area contributed by atoms with Gasteiger partial charge in [-0.3, -0.25) is 0 Å². The van der Waals surface area contributed by atoms with Gasteiger partial charge in [-0.1, -0.05) is 92.8 Å². The van der Waals surface area contributed by atoms with Crippen LogP contribution in [0.4, 0.5) is 0 Å². The van der Waals surface area contributed by atoms with E-state index < -0.39 is 0 Å². The summed E-state index contributed by atoms with van der Waals surface area (Å²) in [5, 5.41) is 2.81. The molecule has 2 heteroatoms. The molecule has 0 spiro atoms. The van der Waals surface area contributed by atoms with Gasteiger partial charge in [0.05, 0.1) is 6.54 Å². The fourth-order valence-electron chi connectivity index (χ4n) is 0.794. The minimum absolute atomic E-state index is 0.472. The Balaban J connectivity index is -0.0000000485. The van der Waals surface area contributed by atoms with Crippen LogP contribution in [-0.2, 0) is 0 Å². The molecular weight excluding hydrogens is 306 g/mol. The smallest absolute Gasteiger partial charge is 0.0813 e. The molecule has 150 valence electrons. The van der Waals surface area contributed by atoms with Gasteiger partial charge in [0.1, 0.15) is 0 Å². The normalized spacial score (nSPS) is 7.92. The Morgan fingerprint density at radius 1 is 1.04 bits per heavy atom. The van der Waals surface area contributed by atoms with Crippen molar-refractivity contribution in [2.45, 2.75) is 81.6 Å². The first kappa shape index (κ1) is 38.8. The molecule has 25 heavy (non-hydrogen) atoms. The van der Waals surface area contributed by atoms with Crippen LogP contribution in [0.3, 0.4) is 0 Å². The van der Waals surface area contributed by atoms with E-state index in [1.807, 2.05) is 40.7 Å². The van der Waals surface area contributed by atoms with Gasteiger partial charge in [0.15, 0.2) is 0 Å². The molecule has 1 atom stereocenters. The molecule has 0 N–H and O–H groups in total. The van der Waals surface area contributed by atoms with Crippen molar-refractivity contribution in [3.63, 3.8) is 0 Å². The minimum atomic E-state index is 0.472. The Kier molecular flexibility index (Phi) is 88.6. The summed E-state index contributed by atoms with van der Waals surface area (Å²) < 4.78 is 0. The topological polar surface area (TPSA) is 29.4 Å². The highest BCUT2D eigenvalue weighted by molar-refractivity contribution is 4.67. The van der Waals surface area contributed by atoms with Crippen molar-refractivity contribution in [1.82, 2.24) is 0 Å². The summed E-state index contributed by atoms with van der Waals surface area (Å²) in [6.45, 7) is 32.1. The molecule has 0 aromatic rings. The summed E-state index contributed by atoms with van der Waals surface area (Å²) in [5.74, 6) is 1.30. The molecule has 0 amide bonds. The number of nitrogens with zero attached hydrogens (tertiary/aromatic N) is 1. The van der Waals surface area contributed by atoms with Crippen LogP contribution < -0.4 is 0 Å². The van der Waals surface area contributed by atoms with E-state index in [0.717, 1.165) is 12.8 Å². The third kappa shape index (κ3) is 106. The number of unbranched alkanes of at least 4 members (excludes halogenated alkanes) is 1. The van der Waals surface area contributed by atoms with Gasteiger partial charge in [-0.05, 0) is 37.7 Å². The largest absolute Gasteiger partial charge is 0.151 e. The van der Waals surface area contributed by atoms with Crippen molar-refractivity contribution in [2.24, 2.45) is 17.0 Å². The molecule has 0 radical (unpaired) electrons. The standard InChI is InChI=1S/C7H15NO.C5H10.C4H6.C3H4.2C2H6/c1-6(2)7(3)4-5-8-9;1-3-5-4-2;1-3-4-2;1-3-2;2*1-2/h6-7H,4-5H2,1-3H3;3H,1,4-5H2,2H3;4H,1H2,2H3;1-2H2;2*1-2H3. The van der Waals surface area contributed by atoms with Crippen molar-refractivity contribution in [2.75, 3.05) is 6.54 Å². The van der Waals surface area contributed by atoms with Gasteiger partial charge in [-0.2, -0.15) is 4.91 Å². The molecule has 1 unspecified atom stereocenters. The van der Waals surface area contributed by atoms with E-state index in [0.29, 0.717) is 18.4 Å². The molecule has 0 bridgehead atoms. The lowest BCUT2D eigenvalue weighted by atomic mass is 9.95. The molecular formula is C23H47NO. The second kappa shape index (κ2) is 57.1. The van der Waals surface area contributed by atoms with E-state index in [1.54, 1.807) is 6.08 Å². The molecule has 0 aliphatic rings. The Labute approximate surface area is 160 Å². The molecule has 0 rings (SSSR count). The Morgan fingerprint density at radius 2 is 1.40 bits per heavy atom. The molecule has 0 aromatic carbocycles. The van der Waals surface area contributed by atoms with Gasteiger partial charge in [0, 0.05) is 0 Å². The van der Waals surface area contributed by atoms with Crippen molar-refractivity contribution in [3.8, 4) is 0 Å². The van der Waals surface area contributed by atoms with Crippen molar-refractivity contribution >= 4 is 0 Å². The molecule has 0 aliphatic heterocycles. The highest BCUT2D eigenvalue weighted by Crippen LogP contribution is 2.13. The molecule has 0 saturated heterocycles. The fourth-order valence-corrected chi connectivity index (χ4v) is 0.794. The molecule has 0 aliphatic carbocycles. The average Bonchev–Trinajstić information content (AvgIpc) is 2.65. The second-order valence-corrected chi connectivity index (χ2v) is 4.68. The quantitative estimate of drug-likeness (QED) is 0.266. The second-order valence-electron chi connectivity index (χ2n) is 4.68. The number of hydrogen-bond donors (Lipinski definition) is 0. The summed E-state index contributed by atoms with van der Waals surface area (Å²) >= 11 is 0. The average molecular weight is 354 g/mol. The number of rotatable bonds is 6. The summed E-state index contributed by atoms with van der Waals surface area (Å²) in [6, 6.07) is 0. The lowest BCUT2D eigenvalue weighted by molar-refractivity contribution is 0.397. The van der Waals surface area contributed by atoms with Gasteiger partial charge in [-0.25, -0.2) is 0 Å². The maximum atomic E-state index is 9.68. The van der Waals surface area contributed by atoms with E-state index in [-0.39, 0.29) is 0 Å². The zero-order valence-electron chi connectivity index (χ0n) is 18.8. The van der Waals surface area contributed by atoms with Crippen molar-refractivity contribution in [3.05, 3.63) is 54.8 Å². The molecule has 0 aromatic heterocycles. The summed E-state index contributed by atoms with van der Waals surface area (Å²) in [6.07, 6.45) is 7.00. The van der Waals surface area contributed by atoms with E-state index in [1.165, 1.54) is 6.42 Å². The molecule has 0 saturated carbocycles. The SMILES string of the molecule is C=C=C.C=C=CC.C=CCCC.CC.CC.CC(C)C(C)CCN=O. The van der Waals surface area contributed by atoms with Gasteiger partial charge >= 0.3 is 0 Å². The van der Waals surface area contributed by atoms with Crippen LogP contribution in [0.5, 0.6) is 0 Å². The van der Waals surface area contributed by atoms with Crippen LogP contribution in [0.25, 0.3) is 0 Å². The van der Waals surface area contributed by atoms with Crippen LogP contribution in [0, 0.1) is 16.7 Å². The summed E-state index contributed by atoms with van der Waals surface area (Å²) in [4.78, 5) is 9.68. The molecule has 0 heterocycles. The lowest BCUT2D eigenvalue weighted by Gasteiger charge is -2.11. The zero-order valence-corrected chi connectivity index (χ0v) is 18.8. The first-order chi connectivity index (χ1) is 11.9. The van der Waals surface area contributed by atoms with Gasteiger partial charge in [-0.15, -0.1) is 18.0 Å². The van der Waals surface area contributed by atoms with Gasteiger partial charge in [0.2, 0.25) is 0 Å². The van der Waals surface area contributed by atoms with Crippen LogP contribution >= 0.6 is 0 Å². The first-order valence-corrected chi connectivity index (χ1v) is 9.42. The van der Waals surface area contributed by atoms with E-state index in [4.69, 9.17) is 0 Å². The zero-order chi connectivity index (χ0) is 21.5. The van der Waals surface area contributed by atoms with Crippen molar-refractivity contribution < 1.29 is 0 Å². The number of hydrogen-bond acceptors (Lipinski definition) is 2. The van der Waals surface area contributed by atoms with Crippen LogP contribution in [0.2, 0.25) is 0 Å². The van der Waals surface area contributed by atoms with E-state index in [9.17, 15) is 4.91 Å². The monoisotopic (exact) mass is 353 g/mol. The highest BCUT2D eigenvalue weighted by Gasteiger charge is 2.05. The third-order valence-electron chi connectivity index (χ3n) is 2.51. The minimum Gasteiger partial charge on any atom is -0.151 e. The summed E-state index contributed by atoms with van der Waals surface area (Å²) in [5.41, 5.74) is 4.81. The highest BCUT2D eigenvalue weighted by atomic mass is 16.3. The first-order valence-electron chi connectivity index (χ1n) is 9.42. The number of allylic oxidation sites excluding steroid dienone is 2. The Morgan fingerprint density at radius 3 is 1.52 bits per heavy atom.